The Bertz CT molecular complexity index is 397. The van der Waals surface area contributed by atoms with Crippen LogP contribution in [0.15, 0.2) is 6.20 Å². The molecule has 1 rings (SSSR count). The number of methoxy groups -OCH3 is 1. The van der Waals surface area contributed by atoms with E-state index < -0.39 is 0 Å². The van der Waals surface area contributed by atoms with Crippen molar-refractivity contribution in [2.75, 3.05) is 45.7 Å². The Hall–Kier alpha value is -1.18. The first-order valence-electron chi connectivity index (χ1n) is 6.78. The van der Waals surface area contributed by atoms with Crippen molar-refractivity contribution in [1.82, 2.24) is 15.2 Å². The fourth-order valence-electron chi connectivity index (χ4n) is 1.61. The van der Waals surface area contributed by atoms with Crippen LogP contribution in [0, 0.1) is 0 Å². The third-order valence-electron chi connectivity index (χ3n) is 2.55. The molecule has 1 aromatic rings. The van der Waals surface area contributed by atoms with Gasteiger partial charge in [0, 0.05) is 37.8 Å². The predicted molar refractivity (Wildman–Crippen MR) is 82.1 cm³/mol. The number of carbonyl (C=O) groups is 1. The van der Waals surface area contributed by atoms with E-state index in [0.717, 1.165) is 29.5 Å². The van der Waals surface area contributed by atoms with Gasteiger partial charge in [-0.05, 0) is 13.5 Å². The minimum absolute atomic E-state index is 0.0124. The monoisotopic (exact) mass is 300 g/mol. The van der Waals surface area contributed by atoms with E-state index in [9.17, 15) is 4.79 Å². The highest BCUT2D eigenvalue weighted by molar-refractivity contribution is 7.15. The van der Waals surface area contributed by atoms with Gasteiger partial charge >= 0.3 is 0 Å². The molecule has 0 fully saturated rings. The summed E-state index contributed by atoms with van der Waals surface area (Å²) in [5.74, 6) is 0.0124. The summed E-state index contributed by atoms with van der Waals surface area (Å²) < 4.78 is 4.89. The summed E-state index contributed by atoms with van der Waals surface area (Å²) in [4.78, 5) is 19.1. The standard InChI is InChI=1S/C13H24N4O2S/c1-4-5-15-13-16-8-11(20-13)9-17(2)10-12(18)14-6-7-19-3/h8H,4-7,9-10H2,1-3H3,(H,14,18)(H,15,16). The molecule has 0 spiro atoms. The zero-order valence-corrected chi connectivity index (χ0v) is 13.3. The number of ether oxygens (including phenoxy) is 1. The molecule has 0 bridgehead atoms. The van der Waals surface area contributed by atoms with E-state index in [4.69, 9.17) is 4.74 Å². The van der Waals surface area contributed by atoms with Crippen molar-refractivity contribution < 1.29 is 9.53 Å². The number of amides is 1. The van der Waals surface area contributed by atoms with Gasteiger partial charge in [-0.3, -0.25) is 9.69 Å². The van der Waals surface area contributed by atoms with Crippen LogP contribution >= 0.6 is 11.3 Å². The van der Waals surface area contributed by atoms with Crippen LogP contribution in [0.1, 0.15) is 18.2 Å². The van der Waals surface area contributed by atoms with Crippen molar-refractivity contribution in [1.29, 1.82) is 0 Å². The minimum atomic E-state index is 0.0124. The number of carbonyl (C=O) groups excluding carboxylic acids is 1. The van der Waals surface area contributed by atoms with Crippen molar-refractivity contribution in [3.63, 3.8) is 0 Å². The van der Waals surface area contributed by atoms with Crippen molar-refractivity contribution in [2.45, 2.75) is 19.9 Å². The van der Waals surface area contributed by atoms with Crippen molar-refractivity contribution in [3.8, 4) is 0 Å². The van der Waals surface area contributed by atoms with Gasteiger partial charge < -0.3 is 15.4 Å². The van der Waals surface area contributed by atoms with Crippen LogP contribution in [0.25, 0.3) is 0 Å². The van der Waals surface area contributed by atoms with Crippen LogP contribution in [0.2, 0.25) is 0 Å². The van der Waals surface area contributed by atoms with Crippen LogP contribution in [0.5, 0.6) is 0 Å². The molecule has 114 valence electrons. The summed E-state index contributed by atoms with van der Waals surface area (Å²) in [6, 6.07) is 0. The molecular formula is C13H24N4O2S. The Kier molecular flexibility index (Phi) is 8.17. The van der Waals surface area contributed by atoms with Crippen molar-refractivity contribution >= 4 is 22.4 Å². The quantitative estimate of drug-likeness (QED) is 0.635. The van der Waals surface area contributed by atoms with Gasteiger partial charge in [0.2, 0.25) is 5.91 Å². The maximum atomic E-state index is 11.6. The molecule has 0 radical (unpaired) electrons. The first kappa shape index (κ1) is 16.9. The van der Waals surface area contributed by atoms with Crippen LogP contribution < -0.4 is 10.6 Å². The van der Waals surface area contributed by atoms with Gasteiger partial charge in [0.05, 0.1) is 13.2 Å². The number of thiazole rings is 1. The summed E-state index contributed by atoms with van der Waals surface area (Å²) in [7, 11) is 3.54. The van der Waals surface area contributed by atoms with Gasteiger partial charge in [-0.15, -0.1) is 11.3 Å². The van der Waals surface area contributed by atoms with Gasteiger partial charge in [0.1, 0.15) is 0 Å². The molecule has 0 unspecified atom stereocenters. The Morgan fingerprint density at radius 1 is 1.50 bits per heavy atom. The lowest BCUT2D eigenvalue weighted by atomic mass is 10.4. The molecule has 0 aliphatic heterocycles. The summed E-state index contributed by atoms with van der Waals surface area (Å²) in [6.07, 6.45) is 2.94. The van der Waals surface area contributed by atoms with Gasteiger partial charge in [-0.25, -0.2) is 4.98 Å². The topological polar surface area (TPSA) is 66.5 Å². The highest BCUT2D eigenvalue weighted by Crippen LogP contribution is 2.19. The zero-order chi connectivity index (χ0) is 14.8. The van der Waals surface area contributed by atoms with Crippen molar-refractivity contribution in [3.05, 3.63) is 11.1 Å². The molecule has 2 N–H and O–H groups in total. The lowest BCUT2D eigenvalue weighted by Gasteiger charge is -2.14. The number of likely N-dealkylation sites (N-methyl/N-ethyl adjacent to an activating group) is 1. The number of hydrogen-bond donors (Lipinski definition) is 2. The second kappa shape index (κ2) is 9.68. The van der Waals surface area contributed by atoms with E-state index in [2.05, 4.69) is 22.5 Å². The summed E-state index contributed by atoms with van der Waals surface area (Å²) in [5.41, 5.74) is 0. The Balaban J connectivity index is 2.28. The van der Waals surface area contributed by atoms with E-state index in [0.29, 0.717) is 19.7 Å². The lowest BCUT2D eigenvalue weighted by Crippen LogP contribution is -2.36. The van der Waals surface area contributed by atoms with Gasteiger partial charge in [0.25, 0.3) is 0 Å². The molecule has 0 atom stereocenters. The highest BCUT2D eigenvalue weighted by atomic mass is 32.1. The Morgan fingerprint density at radius 2 is 2.30 bits per heavy atom. The minimum Gasteiger partial charge on any atom is -0.383 e. The second-order valence-corrected chi connectivity index (χ2v) is 5.69. The number of nitrogens with zero attached hydrogens (tertiary/aromatic N) is 2. The number of nitrogens with one attached hydrogen (secondary N) is 2. The number of rotatable bonds is 10. The zero-order valence-electron chi connectivity index (χ0n) is 12.4. The summed E-state index contributed by atoms with van der Waals surface area (Å²) in [6.45, 7) is 5.25. The average Bonchev–Trinajstić information content (AvgIpc) is 2.84. The SMILES string of the molecule is CCCNc1ncc(CN(C)CC(=O)NCCOC)s1. The van der Waals surface area contributed by atoms with E-state index in [1.54, 1.807) is 18.4 Å². The fourth-order valence-corrected chi connectivity index (χ4v) is 2.53. The average molecular weight is 300 g/mol. The largest absolute Gasteiger partial charge is 0.383 e. The van der Waals surface area contributed by atoms with E-state index in [-0.39, 0.29) is 5.91 Å². The molecule has 1 amide bonds. The third-order valence-corrected chi connectivity index (χ3v) is 3.49. The molecule has 0 aromatic carbocycles. The van der Waals surface area contributed by atoms with Gasteiger partial charge in [0.15, 0.2) is 5.13 Å². The molecule has 0 aliphatic carbocycles. The fraction of sp³-hybridized carbons (Fsp3) is 0.692. The smallest absolute Gasteiger partial charge is 0.234 e. The molecule has 0 saturated carbocycles. The molecule has 0 saturated heterocycles. The van der Waals surface area contributed by atoms with Gasteiger partial charge in [-0.2, -0.15) is 0 Å². The predicted octanol–water partition coefficient (Wildman–Crippen LogP) is 1.16. The molecule has 6 nitrogen and oxygen atoms in total. The van der Waals surface area contributed by atoms with Crippen LogP contribution in [-0.4, -0.2) is 56.2 Å². The molecule has 7 heteroatoms. The van der Waals surface area contributed by atoms with Crippen molar-refractivity contribution in [2.24, 2.45) is 0 Å². The van der Waals surface area contributed by atoms with Crippen LogP contribution in [0.4, 0.5) is 5.13 Å². The van der Waals surface area contributed by atoms with E-state index in [1.165, 1.54) is 0 Å². The molecular weight excluding hydrogens is 276 g/mol. The third kappa shape index (κ3) is 6.83. The lowest BCUT2D eigenvalue weighted by molar-refractivity contribution is -0.122. The summed E-state index contributed by atoms with van der Waals surface area (Å²) in [5, 5.41) is 7.01. The van der Waals surface area contributed by atoms with Crippen LogP contribution in [0.3, 0.4) is 0 Å². The Morgan fingerprint density at radius 3 is 3.00 bits per heavy atom. The first-order valence-corrected chi connectivity index (χ1v) is 7.60. The maximum Gasteiger partial charge on any atom is 0.234 e. The number of aromatic nitrogens is 1. The Labute approximate surface area is 124 Å². The highest BCUT2D eigenvalue weighted by Gasteiger charge is 2.09. The second-order valence-electron chi connectivity index (χ2n) is 4.57. The van der Waals surface area contributed by atoms with E-state index >= 15 is 0 Å². The molecule has 1 heterocycles. The molecule has 0 aliphatic rings. The van der Waals surface area contributed by atoms with Gasteiger partial charge in [-0.1, -0.05) is 6.92 Å². The maximum absolute atomic E-state index is 11.6. The number of hydrogen-bond acceptors (Lipinski definition) is 6. The normalized spacial score (nSPS) is 10.8. The molecule has 20 heavy (non-hydrogen) atoms. The molecule has 1 aromatic heterocycles. The van der Waals surface area contributed by atoms with E-state index in [1.807, 2.05) is 18.1 Å². The first-order chi connectivity index (χ1) is 9.65. The number of anilines is 1. The summed E-state index contributed by atoms with van der Waals surface area (Å²) >= 11 is 1.63. The van der Waals surface area contributed by atoms with Crippen LogP contribution in [-0.2, 0) is 16.1 Å².